The SMILES string of the molecule is CCNCc1ccc(N2CCCC(C)(C)CC2)nc1C. The summed E-state index contributed by atoms with van der Waals surface area (Å²) in [4.78, 5) is 7.28. The van der Waals surface area contributed by atoms with Crippen molar-refractivity contribution >= 4 is 5.82 Å². The predicted octanol–water partition coefficient (Wildman–Crippen LogP) is 3.52. The topological polar surface area (TPSA) is 28.2 Å². The van der Waals surface area contributed by atoms with Crippen molar-refractivity contribution in [2.24, 2.45) is 5.41 Å². The summed E-state index contributed by atoms with van der Waals surface area (Å²) in [5.41, 5.74) is 2.95. The fourth-order valence-electron chi connectivity index (χ4n) is 2.85. The van der Waals surface area contributed by atoms with Crippen LogP contribution in [0.15, 0.2) is 12.1 Å². The lowest BCUT2D eigenvalue weighted by atomic mass is 9.85. The summed E-state index contributed by atoms with van der Waals surface area (Å²) in [5.74, 6) is 1.15. The van der Waals surface area contributed by atoms with Crippen LogP contribution in [0.25, 0.3) is 0 Å². The first-order valence-corrected chi connectivity index (χ1v) is 7.94. The van der Waals surface area contributed by atoms with Crippen molar-refractivity contribution in [3.8, 4) is 0 Å². The molecule has 0 spiro atoms. The van der Waals surface area contributed by atoms with E-state index in [2.05, 4.69) is 50.0 Å². The summed E-state index contributed by atoms with van der Waals surface area (Å²) in [6.45, 7) is 13.2. The third-order valence-corrected chi connectivity index (χ3v) is 4.41. The number of nitrogens with zero attached hydrogens (tertiary/aromatic N) is 2. The molecule has 0 aromatic carbocycles. The van der Waals surface area contributed by atoms with E-state index in [1.807, 2.05) is 0 Å². The monoisotopic (exact) mass is 275 g/mol. The van der Waals surface area contributed by atoms with Crippen molar-refractivity contribution in [3.63, 3.8) is 0 Å². The largest absolute Gasteiger partial charge is 0.357 e. The molecule has 2 rings (SSSR count). The van der Waals surface area contributed by atoms with E-state index in [4.69, 9.17) is 4.98 Å². The van der Waals surface area contributed by atoms with E-state index >= 15 is 0 Å². The van der Waals surface area contributed by atoms with Gasteiger partial charge in [-0.1, -0.05) is 26.8 Å². The van der Waals surface area contributed by atoms with E-state index < -0.39 is 0 Å². The summed E-state index contributed by atoms with van der Waals surface area (Å²) >= 11 is 0. The van der Waals surface area contributed by atoms with E-state index in [0.29, 0.717) is 5.41 Å². The van der Waals surface area contributed by atoms with Crippen LogP contribution in [-0.4, -0.2) is 24.6 Å². The van der Waals surface area contributed by atoms with Gasteiger partial charge in [0.15, 0.2) is 0 Å². The van der Waals surface area contributed by atoms with Crippen LogP contribution in [0.2, 0.25) is 0 Å². The van der Waals surface area contributed by atoms with E-state index in [1.165, 1.54) is 24.8 Å². The molecular weight excluding hydrogens is 246 g/mol. The van der Waals surface area contributed by atoms with E-state index in [0.717, 1.165) is 37.7 Å². The molecular formula is C17H29N3. The minimum Gasteiger partial charge on any atom is -0.357 e. The highest BCUT2D eigenvalue weighted by Crippen LogP contribution is 2.31. The van der Waals surface area contributed by atoms with Gasteiger partial charge < -0.3 is 10.2 Å². The first-order valence-electron chi connectivity index (χ1n) is 7.94. The number of aryl methyl sites for hydroxylation is 1. The molecule has 0 radical (unpaired) electrons. The van der Waals surface area contributed by atoms with Crippen LogP contribution in [0.1, 0.15) is 51.3 Å². The highest BCUT2D eigenvalue weighted by molar-refractivity contribution is 5.42. The lowest BCUT2D eigenvalue weighted by molar-refractivity contribution is 0.325. The van der Waals surface area contributed by atoms with Crippen LogP contribution in [-0.2, 0) is 6.54 Å². The summed E-state index contributed by atoms with van der Waals surface area (Å²) in [7, 11) is 0. The Bertz CT molecular complexity index is 440. The van der Waals surface area contributed by atoms with Crippen molar-refractivity contribution in [2.45, 2.75) is 53.5 Å². The van der Waals surface area contributed by atoms with Gasteiger partial charge in [0.05, 0.1) is 0 Å². The zero-order valence-electron chi connectivity index (χ0n) is 13.5. The maximum Gasteiger partial charge on any atom is 0.128 e. The van der Waals surface area contributed by atoms with Gasteiger partial charge in [-0.25, -0.2) is 4.98 Å². The van der Waals surface area contributed by atoms with Gasteiger partial charge in [0.1, 0.15) is 5.82 Å². The van der Waals surface area contributed by atoms with Crippen LogP contribution < -0.4 is 10.2 Å². The van der Waals surface area contributed by atoms with Crippen molar-refractivity contribution in [1.82, 2.24) is 10.3 Å². The highest BCUT2D eigenvalue weighted by atomic mass is 15.2. The number of aromatic nitrogens is 1. The van der Waals surface area contributed by atoms with Crippen molar-refractivity contribution < 1.29 is 0 Å². The molecule has 0 saturated carbocycles. The second-order valence-electron chi connectivity index (χ2n) is 6.70. The second kappa shape index (κ2) is 6.57. The standard InChI is InChI=1S/C17H29N3/c1-5-18-13-15-7-8-16(19-14(15)2)20-11-6-9-17(3,4)10-12-20/h7-8,18H,5-6,9-13H2,1-4H3. The number of anilines is 1. The Kier molecular flexibility index (Phi) is 5.03. The lowest BCUT2D eigenvalue weighted by Gasteiger charge is -2.24. The molecule has 20 heavy (non-hydrogen) atoms. The average Bonchev–Trinajstić information content (AvgIpc) is 2.58. The Morgan fingerprint density at radius 1 is 1.25 bits per heavy atom. The Morgan fingerprint density at radius 3 is 2.75 bits per heavy atom. The fraction of sp³-hybridized carbons (Fsp3) is 0.706. The predicted molar refractivity (Wildman–Crippen MR) is 86.2 cm³/mol. The normalized spacial score (nSPS) is 18.9. The molecule has 0 bridgehead atoms. The molecule has 1 N–H and O–H groups in total. The summed E-state index contributed by atoms with van der Waals surface area (Å²) < 4.78 is 0. The van der Waals surface area contributed by atoms with E-state index in [1.54, 1.807) is 0 Å². The van der Waals surface area contributed by atoms with Crippen molar-refractivity contribution in [3.05, 3.63) is 23.4 Å². The molecule has 0 unspecified atom stereocenters. The lowest BCUT2D eigenvalue weighted by Crippen LogP contribution is -2.26. The van der Waals surface area contributed by atoms with Gasteiger partial charge in [0, 0.05) is 25.3 Å². The quantitative estimate of drug-likeness (QED) is 0.911. The van der Waals surface area contributed by atoms with E-state index in [9.17, 15) is 0 Å². The molecule has 112 valence electrons. The van der Waals surface area contributed by atoms with Crippen molar-refractivity contribution in [2.75, 3.05) is 24.5 Å². The maximum atomic E-state index is 4.83. The smallest absolute Gasteiger partial charge is 0.128 e. The van der Waals surface area contributed by atoms with Crippen LogP contribution in [0.5, 0.6) is 0 Å². The first-order chi connectivity index (χ1) is 9.52. The summed E-state index contributed by atoms with van der Waals surface area (Å²) in [6, 6.07) is 4.42. The van der Waals surface area contributed by atoms with Gasteiger partial charge in [-0.3, -0.25) is 0 Å². The van der Waals surface area contributed by atoms with Crippen LogP contribution >= 0.6 is 0 Å². The Hall–Kier alpha value is -1.09. The third kappa shape index (κ3) is 3.95. The molecule has 0 atom stereocenters. The van der Waals surface area contributed by atoms with E-state index in [-0.39, 0.29) is 0 Å². The Morgan fingerprint density at radius 2 is 2.05 bits per heavy atom. The molecule has 1 aromatic heterocycles. The summed E-state index contributed by atoms with van der Waals surface area (Å²) in [6.07, 6.45) is 3.85. The minimum absolute atomic E-state index is 0.481. The molecule has 1 fully saturated rings. The fourth-order valence-corrected chi connectivity index (χ4v) is 2.85. The van der Waals surface area contributed by atoms with Gasteiger partial charge in [-0.15, -0.1) is 0 Å². The number of hydrogen-bond donors (Lipinski definition) is 1. The molecule has 3 nitrogen and oxygen atoms in total. The molecule has 1 saturated heterocycles. The molecule has 1 aliphatic rings. The molecule has 2 heterocycles. The number of hydrogen-bond acceptors (Lipinski definition) is 3. The Labute approximate surface area is 123 Å². The Balaban J connectivity index is 2.07. The van der Waals surface area contributed by atoms with Crippen LogP contribution in [0.3, 0.4) is 0 Å². The zero-order chi connectivity index (χ0) is 14.6. The van der Waals surface area contributed by atoms with Gasteiger partial charge in [0.2, 0.25) is 0 Å². The third-order valence-electron chi connectivity index (χ3n) is 4.41. The summed E-state index contributed by atoms with van der Waals surface area (Å²) in [5, 5.41) is 3.37. The van der Waals surface area contributed by atoms with Crippen LogP contribution in [0, 0.1) is 12.3 Å². The highest BCUT2D eigenvalue weighted by Gasteiger charge is 2.23. The number of nitrogens with one attached hydrogen (secondary N) is 1. The van der Waals surface area contributed by atoms with Crippen molar-refractivity contribution in [1.29, 1.82) is 0 Å². The zero-order valence-corrected chi connectivity index (χ0v) is 13.5. The van der Waals surface area contributed by atoms with Gasteiger partial charge in [-0.05, 0) is 49.8 Å². The second-order valence-corrected chi connectivity index (χ2v) is 6.70. The molecule has 0 amide bonds. The number of pyridine rings is 1. The van der Waals surface area contributed by atoms with Crippen LogP contribution in [0.4, 0.5) is 5.82 Å². The minimum atomic E-state index is 0.481. The number of rotatable bonds is 4. The maximum absolute atomic E-state index is 4.83. The first kappa shape index (κ1) is 15.3. The van der Waals surface area contributed by atoms with Gasteiger partial charge in [-0.2, -0.15) is 0 Å². The average molecular weight is 275 g/mol. The molecule has 1 aromatic rings. The molecule has 1 aliphatic heterocycles. The molecule has 0 aliphatic carbocycles. The van der Waals surface area contributed by atoms with Gasteiger partial charge in [0.25, 0.3) is 0 Å². The van der Waals surface area contributed by atoms with Gasteiger partial charge >= 0.3 is 0 Å². The molecule has 3 heteroatoms.